The van der Waals surface area contributed by atoms with Crippen molar-refractivity contribution in [1.82, 2.24) is 24.5 Å². The molecule has 1 N–H and O–H groups in total. The van der Waals surface area contributed by atoms with Gasteiger partial charge in [-0.25, -0.2) is 4.98 Å². The van der Waals surface area contributed by atoms with Crippen molar-refractivity contribution >= 4 is 28.9 Å². The first-order valence-electron chi connectivity index (χ1n) is 5.43. The zero-order valence-electron chi connectivity index (χ0n) is 9.91. The van der Waals surface area contributed by atoms with Gasteiger partial charge in [0, 0.05) is 19.4 Å². The van der Waals surface area contributed by atoms with E-state index < -0.39 is 0 Å². The molecule has 0 aliphatic rings. The number of hydrogen-bond donors (Lipinski definition) is 1. The second-order valence-electron chi connectivity index (χ2n) is 3.60. The van der Waals surface area contributed by atoms with E-state index in [1.807, 2.05) is 11.4 Å². The maximum absolute atomic E-state index is 6.12. The minimum atomic E-state index is 0.484. The number of halogens is 1. The Balaban J connectivity index is 2.16. The van der Waals surface area contributed by atoms with Crippen molar-refractivity contribution in [2.75, 3.05) is 12.4 Å². The van der Waals surface area contributed by atoms with Gasteiger partial charge < -0.3 is 5.32 Å². The smallest absolute Gasteiger partial charge is 0.240 e. The third-order valence-corrected chi connectivity index (χ3v) is 3.74. The zero-order valence-corrected chi connectivity index (χ0v) is 11.5. The molecule has 0 fully saturated rings. The Hall–Kier alpha value is -1.99. The highest BCUT2D eigenvalue weighted by Crippen LogP contribution is 2.31. The highest BCUT2D eigenvalue weighted by atomic mass is 35.5. The maximum Gasteiger partial charge on any atom is 0.240 e. The van der Waals surface area contributed by atoms with E-state index in [-0.39, 0.29) is 0 Å². The first kappa shape index (κ1) is 12.1. The van der Waals surface area contributed by atoms with Crippen LogP contribution >= 0.6 is 22.9 Å². The summed E-state index contributed by atoms with van der Waals surface area (Å²) in [6.45, 7) is 0. The van der Waals surface area contributed by atoms with Gasteiger partial charge in [0.25, 0.3) is 0 Å². The lowest BCUT2D eigenvalue weighted by Gasteiger charge is -2.06. The minimum absolute atomic E-state index is 0.484. The summed E-state index contributed by atoms with van der Waals surface area (Å²) in [4.78, 5) is 17.8. The summed E-state index contributed by atoms with van der Waals surface area (Å²) >= 11 is 7.61. The standard InChI is InChI=1S/C11H9ClN6S/c1-13-10-15-9(8-7(12)2-5-19-8)16-11(17-10)18-4-3-14-6-18/h2-6H,1H3,(H,13,15,16,17). The van der Waals surface area contributed by atoms with Crippen molar-refractivity contribution in [3.63, 3.8) is 0 Å². The molecule has 0 aromatic carbocycles. The highest BCUT2D eigenvalue weighted by molar-refractivity contribution is 7.14. The number of nitrogens with one attached hydrogen (secondary N) is 1. The number of imidazole rings is 1. The van der Waals surface area contributed by atoms with Crippen molar-refractivity contribution in [2.24, 2.45) is 0 Å². The molecule has 0 saturated heterocycles. The molecule has 0 aliphatic heterocycles. The highest BCUT2D eigenvalue weighted by Gasteiger charge is 2.12. The van der Waals surface area contributed by atoms with Crippen LogP contribution in [0.15, 0.2) is 30.2 Å². The molecule has 3 heterocycles. The quantitative estimate of drug-likeness (QED) is 0.803. The van der Waals surface area contributed by atoms with Crippen LogP contribution in [0.2, 0.25) is 5.02 Å². The lowest BCUT2D eigenvalue weighted by molar-refractivity contribution is 0.903. The Bertz CT molecular complexity index is 693. The lowest BCUT2D eigenvalue weighted by atomic mass is 10.4. The normalized spacial score (nSPS) is 10.6. The van der Waals surface area contributed by atoms with Crippen LogP contribution in [-0.2, 0) is 0 Å². The number of rotatable bonds is 3. The summed E-state index contributed by atoms with van der Waals surface area (Å²) in [6, 6.07) is 1.82. The van der Waals surface area contributed by atoms with Gasteiger partial charge in [-0.15, -0.1) is 11.3 Å². The van der Waals surface area contributed by atoms with Crippen molar-refractivity contribution < 1.29 is 0 Å². The fraction of sp³-hybridized carbons (Fsp3) is 0.0909. The summed E-state index contributed by atoms with van der Waals surface area (Å²) in [6.07, 6.45) is 5.07. The number of anilines is 1. The van der Waals surface area contributed by atoms with Crippen LogP contribution in [0.4, 0.5) is 5.95 Å². The van der Waals surface area contributed by atoms with Crippen LogP contribution < -0.4 is 5.32 Å². The Labute approximate surface area is 118 Å². The molecule has 8 heteroatoms. The molecule has 6 nitrogen and oxygen atoms in total. The number of hydrogen-bond acceptors (Lipinski definition) is 6. The molecule has 3 aromatic rings. The molecule has 3 rings (SSSR count). The van der Waals surface area contributed by atoms with E-state index in [9.17, 15) is 0 Å². The number of thiophene rings is 1. The van der Waals surface area contributed by atoms with Crippen LogP contribution in [0.5, 0.6) is 0 Å². The van der Waals surface area contributed by atoms with E-state index >= 15 is 0 Å². The lowest BCUT2D eigenvalue weighted by Crippen LogP contribution is -2.06. The van der Waals surface area contributed by atoms with Crippen LogP contribution in [-0.4, -0.2) is 31.6 Å². The monoisotopic (exact) mass is 292 g/mol. The van der Waals surface area contributed by atoms with Crippen molar-refractivity contribution in [3.8, 4) is 16.6 Å². The van der Waals surface area contributed by atoms with Crippen molar-refractivity contribution in [2.45, 2.75) is 0 Å². The van der Waals surface area contributed by atoms with Gasteiger partial charge in [0.2, 0.25) is 11.9 Å². The van der Waals surface area contributed by atoms with Gasteiger partial charge in [-0.1, -0.05) is 11.6 Å². The zero-order chi connectivity index (χ0) is 13.2. The van der Waals surface area contributed by atoms with Crippen molar-refractivity contribution in [3.05, 3.63) is 35.2 Å². The molecule has 3 aromatic heterocycles. The third-order valence-electron chi connectivity index (χ3n) is 2.40. The summed E-state index contributed by atoms with van der Waals surface area (Å²) in [5.41, 5.74) is 0. The molecule has 0 saturated carbocycles. The molecular weight excluding hydrogens is 284 g/mol. The molecular formula is C11H9ClN6S. The Morgan fingerprint density at radius 1 is 1.32 bits per heavy atom. The molecule has 19 heavy (non-hydrogen) atoms. The summed E-state index contributed by atoms with van der Waals surface area (Å²) < 4.78 is 1.72. The minimum Gasteiger partial charge on any atom is -0.357 e. The van der Waals surface area contributed by atoms with Crippen LogP contribution in [0.3, 0.4) is 0 Å². The van der Waals surface area contributed by atoms with E-state index in [1.165, 1.54) is 11.3 Å². The fourth-order valence-corrected chi connectivity index (χ4v) is 2.60. The first-order valence-corrected chi connectivity index (χ1v) is 6.69. The Kier molecular flexibility index (Phi) is 3.14. The predicted molar refractivity (Wildman–Crippen MR) is 74.8 cm³/mol. The number of aromatic nitrogens is 5. The van der Waals surface area contributed by atoms with Gasteiger partial charge in [0.1, 0.15) is 6.33 Å². The second-order valence-corrected chi connectivity index (χ2v) is 4.92. The molecule has 0 atom stereocenters. The van der Waals surface area contributed by atoms with Gasteiger partial charge >= 0.3 is 0 Å². The van der Waals surface area contributed by atoms with E-state index in [0.29, 0.717) is 22.7 Å². The molecule has 0 aliphatic carbocycles. The first-order chi connectivity index (χ1) is 9.28. The summed E-state index contributed by atoms with van der Waals surface area (Å²) in [7, 11) is 1.76. The predicted octanol–water partition coefficient (Wildman–Crippen LogP) is 2.48. The molecule has 96 valence electrons. The van der Waals surface area contributed by atoms with Gasteiger partial charge in [-0.2, -0.15) is 15.0 Å². The average molecular weight is 293 g/mol. The largest absolute Gasteiger partial charge is 0.357 e. The average Bonchev–Trinajstić information content (AvgIpc) is 3.09. The van der Waals surface area contributed by atoms with E-state index in [0.717, 1.165) is 4.88 Å². The fourth-order valence-electron chi connectivity index (χ4n) is 1.52. The molecule has 0 bridgehead atoms. The van der Waals surface area contributed by atoms with Gasteiger partial charge in [0.05, 0.1) is 9.90 Å². The van der Waals surface area contributed by atoms with E-state index in [4.69, 9.17) is 11.6 Å². The Morgan fingerprint density at radius 2 is 2.21 bits per heavy atom. The second kappa shape index (κ2) is 4.94. The molecule has 0 unspecified atom stereocenters. The van der Waals surface area contributed by atoms with E-state index in [1.54, 1.807) is 30.3 Å². The third kappa shape index (κ3) is 2.29. The molecule has 0 radical (unpaired) electrons. The van der Waals surface area contributed by atoms with Crippen molar-refractivity contribution in [1.29, 1.82) is 0 Å². The van der Waals surface area contributed by atoms with Crippen LogP contribution in [0, 0.1) is 0 Å². The summed E-state index contributed by atoms with van der Waals surface area (Å²) in [5, 5.41) is 5.45. The Morgan fingerprint density at radius 3 is 2.84 bits per heavy atom. The SMILES string of the molecule is CNc1nc(-c2sccc2Cl)nc(-n2ccnc2)n1. The van der Waals surface area contributed by atoms with E-state index in [2.05, 4.69) is 25.3 Å². The maximum atomic E-state index is 6.12. The summed E-state index contributed by atoms with van der Waals surface area (Å²) in [5.74, 6) is 1.53. The number of nitrogens with zero attached hydrogens (tertiary/aromatic N) is 5. The molecule has 0 spiro atoms. The van der Waals surface area contributed by atoms with Crippen LogP contribution in [0.25, 0.3) is 16.6 Å². The molecule has 0 amide bonds. The van der Waals surface area contributed by atoms with Gasteiger partial charge in [0.15, 0.2) is 5.82 Å². The van der Waals surface area contributed by atoms with Crippen LogP contribution in [0.1, 0.15) is 0 Å². The topological polar surface area (TPSA) is 68.5 Å². The van der Waals surface area contributed by atoms with Gasteiger partial charge in [-0.05, 0) is 11.4 Å². The van der Waals surface area contributed by atoms with Gasteiger partial charge in [-0.3, -0.25) is 4.57 Å².